The van der Waals surface area contributed by atoms with Crippen LogP contribution in [-0.2, 0) is 10.4 Å². The van der Waals surface area contributed by atoms with Crippen molar-refractivity contribution < 1.29 is 23.8 Å². The molecule has 1 N–H and O–H groups in total. The van der Waals surface area contributed by atoms with Gasteiger partial charge in [-0.2, -0.15) is 0 Å². The van der Waals surface area contributed by atoms with Crippen LogP contribution in [0, 0.1) is 0 Å². The van der Waals surface area contributed by atoms with E-state index in [1.165, 1.54) is 4.90 Å². The smallest absolute Gasteiger partial charge is 0.264 e. The minimum absolute atomic E-state index is 0.0585. The standard InChI is InChI=1S/C28H21Cl2NO5/c29-19-7-5-18(6-8-19)25-13-14-26(36-25)24(32)17-28(34)22-3-1-2-4-23(22)31(27(28)33)15-16-35-21-11-9-20(30)10-12-21/h1-14,34H,15-17H2. The van der Waals surface area contributed by atoms with Gasteiger partial charge in [0.15, 0.2) is 11.4 Å². The summed E-state index contributed by atoms with van der Waals surface area (Å²) in [5.74, 6) is 0.0877. The highest BCUT2D eigenvalue weighted by atomic mass is 35.5. The van der Waals surface area contributed by atoms with Crippen molar-refractivity contribution in [3.8, 4) is 17.1 Å². The minimum atomic E-state index is -2.01. The average molecular weight is 522 g/mol. The predicted octanol–water partition coefficient (Wildman–Crippen LogP) is 6.14. The molecule has 1 atom stereocenters. The number of carbonyl (C=O) groups excluding carboxylic acids is 2. The Hall–Kier alpha value is -3.58. The SMILES string of the molecule is O=C(CC1(O)C(=O)N(CCOc2ccc(Cl)cc2)c2ccccc21)c1ccc(-c2ccc(Cl)cc2)o1. The van der Waals surface area contributed by atoms with Gasteiger partial charge in [0.25, 0.3) is 5.91 Å². The van der Waals surface area contributed by atoms with E-state index in [0.717, 1.165) is 5.56 Å². The molecular weight excluding hydrogens is 501 g/mol. The molecular formula is C28H21Cl2NO5. The number of nitrogens with zero attached hydrogens (tertiary/aromatic N) is 1. The molecule has 0 saturated carbocycles. The molecule has 182 valence electrons. The summed E-state index contributed by atoms with van der Waals surface area (Å²) in [4.78, 5) is 28.0. The predicted molar refractivity (Wildman–Crippen MR) is 138 cm³/mol. The molecule has 4 aromatic rings. The Morgan fingerprint density at radius 2 is 1.58 bits per heavy atom. The van der Waals surface area contributed by atoms with Crippen LogP contribution in [0.4, 0.5) is 5.69 Å². The lowest BCUT2D eigenvalue weighted by Gasteiger charge is -2.22. The van der Waals surface area contributed by atoms with Crippen molar-refractivity contribution in [2.24, 2.45) is 0 Å². The molecule has 1 aliphatic rings. The van der Waals surface area contributed by atoms with Crippen LogP contribution >= 0.6 is 23.2 Å². The van der Waals surface area contributed by atoms with E-state index in [9.17, 15) is 14.7 Å². The van der Waals surface area contributed by atoms with Gasteiger partial charge in [0.1, 0.15) is 18.1 Å². The zero-order valence-corrected chi connectivity index (χ0v) is 20.5. The molecule has 1 aromatic heterocycles. The summed E-state index contributed by atoms with van der Waals surface area (Å²) in [6, 6.07) is 24.0. The van der Waals surface area contributed by atoms with Gasteiger partial charge in [-0.25, -0.2) is 0 Å². The molecule has 1 amide bonds. The Morgan fingerprint density at radius 3 is 2.31 bits per heavy atom. The van der Waals surface area contributed by atoms with Crippen LogP contribution in [0.5, 0.6) is 5.75 Å². The quantitative estimate of drug-likeness (QED) is 0.281. The largest absolute Gasteiger partial charge is 0.492 e. The molecule has 0 aliphatic carbocycles. The Morgan fingerprint density at radius 1 is 0.917 bits per heavy atom. The lowest BCUT2D eigenvalue weighted by molar-refractivity contribution is -0.136. The fourth-order valence-electron chi connectivity index (χ4n) is 4.26. The van der Waals surface area contributed by atoms with Crippen LogP contribution in [0.25, 0.3) is 11.3 Å². The molecule has 0 bridgehead atoms. The van der Waals surface area contributed by atoms with Crippen LogP contribution in [0.3, 0.4) is 0 Å². The van der Waals surface area contributed by atoms with Crippen LogP contribution in [-0.4, -0.2) is 29.9 Å². The van der Waals surface area contributed by atoms with Gasteiger partial charge in [-0.05, 0) is 66.7 Å². The molecule has 8 heteroatoms. The van der Waals surface area contributed by atoms with Gasteiger partial charge in [0.2, 0.25) is 5.78 Å². The maximum absolute atomic E-state index is 13.4. The third-order valence-corrected chi connectivity index (χ3v) is 6.57. The summed E-state index contributed by atoms with van der Waals surface area (Å²) in [6.45, 7) is 0.380. The maximum Gasteiger partial charge on any atom is 0.264 e. The number of carbonyl (C=O) groups is 2. The molecule has 36 heavy (non-hydrogen) atoms. The highest BCUT2D eigenvalue weighted by Crippen LogP contribution is 2.43. The van der Waals surface area contributed by atoms with Gasteiger partial charge in [-0.3, -0.25) is 9.59 Å². The lowest BCUT2D eigenvalue weighted by Crippen LogP contribution is -2.43. The summed E-state index contributed by atoms with van der Waals surface area (Å²) in [5, 5.41) is 12.7. The molecule has 0 saturated heterocycles. The molecule has 6 nitrogen and oxygen atoms in total. The van der Waals surface area contributed by atoms with E-state index < -0.39 is 23.7 Å². The average Bonchev–Trinajstić information content (AvgIpc) is 3.45. The fourth-order valence-corrected chi connectivity index (χ4v) is 4.51. The van der Waals surface area contributed by atoms with Gasteiger partial charge in [0.05, 0.1) is 18.7 Å². The summed E-state index contributed by atoms with van der Waals surface area (Å²) in [5.41, 5.74) is -0.342. The first kappa shape index (κ1) is 24.1. The number of aliphatic hydroxyl groups is 1. The Bertz CT molecular complexity index is 1410. The number of halogens is 2. The number of ketones is 1. The van der Waals surface area contributed by atoms with Crippen molar-refractivity contribution in [3.63, 3.8) is 0 Å². The first-order chi connectivity index (χ1) is 17.3. The number of hydrogen-bond acceptors (Lipinski definition) is 5. The summed E-state index contributed by atoms with van der Waals surface area (Å²) in [7, 11) is 0. The number of furan rings is 1. The van der Waals surface area contributed by atoms with Crippen molar-refractivity contribution in [3.05, 3.63) is 106 Å². The molecule has 1 aliphatic heterocycles. The number of ether oxygens (including phenoxy) is 1. The second-order valence-corrected chi connectivity index (χ2v) is 9.28. The third-order valence-electron chi connectivity index (χ3n) is 6.06. The second-order valence-electron chi connectivity index (χ2n) is 8.41. The molecule has 3 aromatic carbocycles. The van der Waals surface area contributed by atoms with E-state index >= 15 is 0 Å². The number of benzene rings is 3. The van der Waals surface area contributed by atoms with Crippen molar-refractivity contribution >= 4 is 40.6 Å². The monoisotopic (exact) mass is 521 g/mol. The number of anilines is 1. The summed E-state index contributed by atoms with van der Waals surface area (Å²) >= 11 is 11.8. The van der Waals surface area contributed by atoms with Crippen molar-refractivity contribution in [1.29, 1.82) is 0 Å². The van der Waals surface area contributed by atoms with E-state index in [1.54, 1.807) is 84.9 Å². The molecule has 0 spiro atoms. The fraction of sp³-hybridized carbons (Fsp3) is 0.143. The molecule has 0 fully saturated rings. The lowest BCUT2D eigenvalue weighted by atomic mass is 9.89. The number of rotatable bonds is 8. The van der Waals surface area contributed by atoms with Gasteiger partial charge in [0, 0.05) is 21.2 Å². The first-order valence-corrected chi connectivity index (χ1v) is 12.0. The maximum atomic E-state index is 13.4. The second kappa shape index (κ2) is 9.82. The zero-order valence-electron chi connectivity index (χ0n) is 19.0. The van der Waals surface area contributed by atoms with Gasteiger partial charge in [-0.1, -0.05) is 41.4 Å². The van der Waals surface area contributed by atoms with Crippen LogP contribution in [0.2, 0.25) is 10.0 Å². The molecule has 5 rings (SSSR count). The van der Waals surface area contributed by atoms with E-state index in [-0.39, 0.29) is 18.9 Å². The Labute approximate surface area is 217 Å². The third kappa shape index (κ3) is 4.63. The van der Waals surface area contributed by atoms with Gasteiger partial charge in [-0.15, -0.1) is 0 Å². The van der Waals surface area contributed by atoms with E-state index in [0.29, 0.717) is 32.8 Å². The van der Waals surface area contributed by atoms with Gasteiger partial charge >= 0.3 is 0 Å². The zero-order chi connectivity index (χ0) is 25.3. The highest BCUT2D eigenvalue weighted by Gasteiger charge is 2.51. The topological polar surface area (TPSA) is 80.0 Å². The van der Waals surface area contributed by atoms with Crippen molar-refractivity contribution in [2.75, 3.05) is 18.1 Å². The number of Topliss-reactive ketones (excluding diaryl/α,β-unsaturated/α-hetero) is 1. The Balaban J connectivity index is 1.33. The molecule has 1 unspecified atom stereocenters. The molecule has 0 radical (unpaired) electrons. The van der Waals surface area contributed by atoms with Crippen LogP contribution < -0.4 is 9.64 Å². The molecule has 2 heterocycles. The Kier molecular flexibility index (Phi) is 6.58. The summed E-state index contributed by atoms with van der Waals surface area (Å²) in [6.07, 6.45) is -0.453. The summed E-state index contributed by atoms with van der Waals surface area (Å²) < 4.78 is 11.5. The van der Waals surface area contributed by atoms with Crippen LogP contribution in [0.15, 0.2) is 89.3 Å². The number of amides is 1. The minimum Gasteiger partial charge on any atom is -0.492 e. The van der Waals surface area contributed by atoms with E-state index in [2.05, 4.69) is 0 Å². The van der Waals surface area contributed by atoms with Crippen molar-refractivity contribution in [2.45, 2.75) is 12.0 Å². The first-order valence-electron chi connectivity index (χ1n) is 11.3. The number of para-hydroxylation sites is 1. The van der Waals surface area contributed by atoms with Crippen molar-refractivity contribution in [1.82, 2.24) is 0 Å². The van der Waals surface area contributed by atoms with Crippen LogP contribution in [0.1, 0.15) is 22.5 Å². The van der Waals surface area contributed by atoms with Gasteiger partial charge < -0.3 is 19.2 Å². The number of fused-ring (bicyclic) bond motifs is 1. The normalized spacial score (nSPS) is 16.8. The van der Waals surface area contributed by atoms with E-state index in [4.69, 9.17) is 32.4 Å². The highest BCUT2D eigenvalue weighted by molar-refractivity contribution is 6.30. The van der Waals surface area contributed by atoms with E-state index in [1.807, 2.05) is 0 Å². The number of hydrogen-bond donors (Lipinski definition) is 1.